The van der Waals surface area contributed by atoms with E-state index in [0.717, 1.165) is 24.1 Å². The van der Waals surface area contributed by atoms with Crippen molar-refractivity contribution in [2.45, 2.75) is 18.9 Å². The Kier molecular flexibility index (Phi) is 3.31. The standard InChI is InChI=1S/C9H11BrN2O2/c10-8-4-9(12-6-11-8)14-5-7-2-1-3-13-7/h4,6-7H,1-3,5H2. The van der Waals surface area contributed by atoms with Crippen molar-refractivity contribution in [2.75, 3.05) is 13.2 Å². The third-order valence-electron chi connectivity index (χ3n) is 2.05. The van der Waals surface area contributed by atoms with Crippen LogP contribution in [-0.4, -0.2) is 29.3 Å². The molecular formula is C9H11BrN2O2. The molecule has 1 saturated heterocycles. The molecule has 0 aromatic carbocycles. The van der Waals surface area contributed by atoms with Gasteiger partial charge < -0.3 is 9.47 Å². The Morgan fingerprint density at radius 3 is 3.21 bits per heavy atom. The van der Waals surface area contributed by atoms with Crippen LogP contribution < -0.4 is 4.74 Å². The van der Waals surface area contributed by atoms with Gasteiger partial charge in [0, 0.05) is 12.7 Å². The van der Waals surface area contributed by atoms with Gasteiger partial charge in [0.2, 0.25) is 5.88 Å². The van der Waals surface area contributed by atoms with Crippen LogP contribution in [0, 0.1) is 0 Å². The van der Waals surface area contributed by atoms with E-state index < -0.39 is 0 Å². The summed E-state index contributed by atoms with van der Waals surface area (Å²) in [5, 5.41) is 0. The lowest BCUT2D eigenvalue weighted by Gasteiger charge is -2.10. The predicted octanol–water partition coefficient (Wildman–Crippen LogP) is 1.80. The van der Waals surface area contributed by atoms with Crippen molar-refractivity contribution in [1.29, 1.82) is 0 Å². The summed E-state index contributed by atoms with van der Waals surface area (Å²) >= 11 is 3.25. The largest absolute Gasteiger partial charge is 0.475 e. The molecule has 5 heteroatoms. The van der Waals surface area contributed by atoms with E-state index >= 15 is 0 Å². The zero-order valence-electron chi connectivity index (χ0n) is 7.65. The Hall–Kier alpha value is -0.680. The van der Waals surface area contributed by atoms with Crippen molar-refractivity contribution in [2.24, 2.45) is 0 Å². The first-order valence-electron chi connectivity index (χ1n) is 4.56. The van der Waals surface area contributed by atoms with E-state index in [0.29, 0.717) is 12.5 Å². The summed E-state index contributed by atoms with van der Waals surface area (Å²) in [5.41, 5.74) is 0. The zero-order valence-corrected chi connectivity index (χ0v) is 9.24. The summed E-state index contributed by atoms with van der Waals surface area (Å²) in [4.78, 5) is 7.90. The molecule has 1 aliphatic rings. The second-order valence-corrected chi connectivity index (χ2v) is 3.94. The molecule has 1 fully saturated rings. The smallest absolute Gasteiger partial charge is 0.217 e. The number of hydrogen-bond acceptors (Lipinski definition) is 4. The molecule has 1 aromatic rings. The van der Waals surface area contributed by atoms with Crippen LogP contribution in [-0.2, 0) is 4.74 Å². The molecular weight excluding hydrogens is 248 g/mol. The molecule has 2 heterocycles. The van der Waals surface area contributed by atoms with Crippen LogP contribution >= 0.6 is 15.9 Å². The minimum absolute atomic E-state index is 0.226. The topological polar surface area (TPSA) is 44.2 Å². The second-order valence-electron chi connectivity index (χ2n) is 3.13. The van der Waals surface area contributed by atoms with E-state index in [1.807, 2.05) is 0 Å². The Balaban J connectivity index is 1.85. The maximum Gasteiger partial charge on any atom is 0.217 e. The Labute approximate surface area is 90.8 Å². The lowest BCUT2D eigenvalue weighted by Crippen LogP contribution is -2.16. The van der Waals surface area contributed by atoms with Crippen LogP contribution in [0.2, 0.25) is 0 Å². The number of aromatic nitrogens is 2. The van der Waals surface area contributed by atoms with Crippen molar-refractivity contribution in [1.82, 2.24) is 9.97 Å². The summed E-state index contributed by atoms with van der Waals surface area (Å²) < 4.78 is 11.6. The van der Waals surface area contributed by atoms with Crippen LogP contribution in [0.5, 0.6) is 5.88 Å². The lowest BCUT2D eigenvalue weighted by molar-refractivity contribution is 0.0662. The van der Waals surface area contributed by atoms with Crippen molar-refractivity contribution in [3.63, 3.8) is 0 Å². The van der Waals surface area contributed by atoms with Crippen molar-refractivity contribution >= 4 is 15.9 Å². The minimum Gasteiger partial charge on any atom is -0.475 e. The first-order valence-corrected chi connectivity index (χ1v) is 5.36. The molecule has 0 bridgehead atoms. The van der Waals surface area contributed by atoms with E-state index in [1.165, 1.54) is 6.33 Å². The molecule has 76 valence electrons. The van der Waals surface area contributed by atoms with E-state index in [2.05, 4.69) is 25.9 Å². The lowest BCUT2D eigenvalue weighted by atomic mass is 10.2. The van der Waals surface area contributed by atoms with Crippen molar-refractivity contribution < 1.29 is 9.47 Å². The molecule has 0 spiro atoms. The number of ether oxygens (including phenoxy) is 2. The fourth-order valence-corrected chi connectivity index (χ4v) is 1.64. The van der Waals surface area contributed by atoms with Gasteiger partial charge in [-0.25, -0.2) is 9.97 Å². The van der Waals surface area contributed by atoms with Gasteiger partial charge in [0.15, 0.2) is 0 Å². The number of halogens is 1. The van der Waals surface area contributed by atoms with E-state index in [4.69, 9.17) is 9.47 Å². The van der Waals surface area contributed by atoms with Crippen LogP contribution in [0.3, 0.4) is 0 Å². The number of hydrogen-bond donors (Lipinski definition) is 0. The second kappa shape index (κ2) is 4.70. The molecule has 0 aliphatic carbocycles. The monoisotopic (exact) mass is 258 g/mol. The molecule has 1 atom stereocenters. The fraction of sp³-hybridized carbons (Fsp3) is 0.556. The molecule has 14 heavy (non-hydrogen) atoms. The normalized spacial score (nSPS) is 21.1. The molecule has 0 radical (unpaired) electrons. The maximum atomic E-state index is 5.46. The third-order valence-corrected chi connectivity index (χ3v) is 2.48. The molecule has 1 aromatic heterocycles. The van der Waals surface area contributed by atoms with Gasteiger partial charge >= 0.3 is 0 Å². The van der Waals surface area contributed by atoms with Crippen molar-refractivity contribution in [3.8, 4) is 5.88 Å². The van der Waals surface area contributed by atoms with Gasteiger partial charge in [0.05, 0.1) is 6.10 Å². The van der Waals surface area contributed by atoms with Crippen LogP contribution in [0.1, 0.15) is 12.8 Å². The van der Waals surface area contributed by atoms with Gasteiger partial charge in [-0.15, -0.1) is 0 Å². The molecule has 2 rings (SSSR count). The average molecular weight is 259 g/mol. The van der Waals surface area contributed by atoms with Gasteiger partial charge in [-0.2, -0.15) is 0 Å². The fourth-order valence-electron chi connectivity index (χ4n) is 1.35. The molecule has 1 aliphatic heterocycles. The Morgan fingerprint density at radius 1 is 1.57 bits per heavy atom. The van der Waals surface area contributed by atoms with Gasteiger partial charge in [-0.1, -0.05) is 0 Å². The minimum atomic E-state index is 0.226. The SMILES string of the molecule is Brc1cc(OCC2CCCO2)ncn1. The molecule has 0 N–H and O–H groups in total. The number of rotatable bonds is 3. The van der Waals surface area contributed by atoms with E-state index in [1.54, 1.807) is 6.07 Å². The average Bonchev–Trinajstić information content (AvgIpc) is 2.67. The summed E-state index contributed by atoms with van der Waals surface area (Å²) in [5.74, 6) is 0.586. The maximum absolute atomic E-state index is 5.46. The summed E-state index contributed by atoms with van der Waals surface area (Å²) in [7, 11) is 0. The van der Waals surface area contributed by atoms with Crippen molar-refractivity contribution in [3.05, 3.63) is 17.0 Å². The molecule has 4 nitrogen and oxygen atoms in total. The Bertz CT molecular complexity index is 303. The summed E-state index contributed by atoms with van der Waals surface area (Å²) in [6.45, 7) is 1.42. The molecule has 0 saturated carbocycles. The third kappa shape index (κ3) is 2.65. The highest BCUT2D eigenvalue weighted by atomic mass is 79.9. The van der Waals surface area contributed by atoms with Gasteiger partial charge in [0.25, 0.3) is 0 Å². The molecule has 0 amide bonds. The first kappa shape index (κ1) is 9.86. The van der Waals surface area contributed by atoms with E-state index in [9.17, 15) is 0 Å². The zero-order chi connectivity index (χ0) is 9.80. The quantitative estimate of drug-likeness (QED) is 0.776. The summed E-state index contributed by atoms with van der Waals surface area (Å²) in [6.07, 6.45) is 3.90. The van der Waals surface area contributed by atoms with E-state index in [-0.39, 0.29) is 6.10 Å². The first-order chi connectivity index (χ1) is 6.84. The number of nitrogens with zero attached hydrogens (tertiary/aromatic N) is 2. The predicted molar refractivity (Wildman–Crippen MR) is 54.2 cm³/mol. The molecule has 1 unspecified atom stereocenters. The van der Waals surface area contributed by atoms with Gasteiger partial charge in [-0.05, 0) is 28.8 Å². The highest BCUT2D eigenvalue weighted by Gasteiger charge is 2.16. The highest BCUT2D eigenvalue weighted by Crippen LogP contribution is 2.15. The summed E-state index contributed by atoms with van der Waals surface area (Å²) in [6, 6.07) is 1.74. The van der Waals surface area contributed by atoms with Crippen LogP contribution in [0.25, 0.3) is 0 Å². The Morgan fingerprint density at radius 2 is 2.50 bits per heavy atom. The van der Waals surface area contributed by atoms with Gasteiger partial charge in [0.1, 0.15) is 17.5 Å². The van der Waals surface area contributed by atoms with Gasteiger partial charge in [-0.3, -0.25) is 0 Å². The highest BCUT2D eigenvalue weighted by molar-refractivity contribution is 9.10. The van der Waals surface area contributed by atoms with Crippen LogP contribution in [0.4, 0.5) is 0 Å². The van der Waals surface area contributed by atoms with Crippen LogP contribution in [0.15, 0.2) is 17.0 Å².